The predicted octanol–water partition coefficient (Wildman–Crippen LogP) is 1.46. The smallest absolute Gasteiger partial charge is 0.237 e. The number of hydrogen-bond donors (Lipinski definition) is 1. The standard InChI is InChI=1S/C15H21ClN2O3S/c1-11(15(19)17-14-7-8-22(20,21)10-14)18(2)9-12-3-5-13(16)6-4-12/h3-6,11,14H,7-10H2,1-2H3,(H,17,19)/t11-,14+/m1/s1. The molecule has 1 aliphatic rings. The first-order valence-corrected chi connectivity index (χ1v) is 9.42. The highest BCUT2D eigenvalue weighted by atomic mass is 35.5. The molecule has 0 aliphatic carbocycles. The second-order valence-electron chi connectivity index (χ2n) is 5.83. The van der Waals surface area contributed by atoms with Gasteiger partial charge in [-0.25, -0.2) is 8.42 Å². The van der Waals surface area contributed by atoms with Gasteiger partial charge in [-0.1, -0.05) is 23.7 Å². The second kappa shape index (κ2) is 6.98. The lowest BCUT2D eigenvalue weighted by Crippen LogP contribution is -2.47. The van der Waals surface area contributed by atoms with Gasteiger partial charge in [-0.3, -0.25) is 9.69 Å². The average Bonchev–Trinajstić information content (AvgIpc) is 2.79. The van der Waals surface area contributed by atoms with Gasteiger partial charge in [0, 0.05) is 17.6 Å². The third-order valence-corrected chi connectivity index (χ3v) is 5.98. The van der Waals surface area contributed by atoms with Crippen molar-refractivity contribution in [3.05, 3.63) is 34.9 Å². The van der Waals surface area contributed by atoms with Crippen LogP contribution in [0.5, 0.6) is 0 Å². The van der Waals surface area contributed by atoms with Crippen molar-refractivity contribution in [2.45, 2.75) is 32.0 Å². The fourth-order valence-corrected chi connectivity index (χ4v) is 4.24. The summed E-state index contributed by atoms with van der Waals surface area (Å²) in [6.07, 6.45) is 0.502. The van der Waals surface area contributed by atoms with Gasteiger partial charge in [0.05, 0.1) is 17.5 Å². The predicted molar refractivity (Wildman–Crippen MR) is 87.6 cm³/mol. The number of amides is 1. The molecule has 1 N–H and O–H groups in total. The van der Waals surface area contributed by atoms with Crippen LogP contribution in [0, 0.1) is 0 Å². The van der Waals surface area contributed by atoms with Crippen LogP contribution in [0.15, 0.2) is 24.3 Å². The Kier molecular flexibility index (Phi) is 5.47. The maximum absolute atomic E-state index is 12.2. The Labute approximate surface area is 136 Å². The zero-order valence-electron chi connectivity index (χ0n) is 12.8. The molecule has 1 saturated heterocycles. The summed E-state index contributed by atoms with van der Waals surface area (Å²) >= 11 is 5.85. The normalized spacial score (nSPS) is 21.7. The third kappa shape index (κ3) is 4.69. The number of nitrogens with one attached hydrogen (secondary N) is 1. The van der Waals surface area contributed by atoms with Crippen molar-refractivity contribution in [3.63, 3.8) is 0 Å². The number of halogens is 1. The van der Waals surface area contributed by atoms with Crippen LogP contribution in [0.25, 0.3) is 0 Å². The van der Waals surface area contributed by atoms with E-state index in [1.807, 2.05) is 43.1 Å². The number of sulfone groups is 1. The number of likely N-dealkylation sites (N-methyl/N-ethyl adjacent to an activating group) is 1. The van der Waals surface area contributed by atoms with E-state index in [1.54, 1.807) is 0 Å². The zero-order valence-corrected chi connectivity index (χ0v) is 14.3. The fourth-order valence-electron chi connectivity index (χ4n) is 2.45. The molecule has 0 radical (unpaired) electrons. The molecule has 1 aromatic carbocycles. The molecule has 0 aromatic heterocycles. The van der Waals surface area contributed by atoms with Crippen molar-refractivity contribution < 1.29 is 13.2 Å². The van der Waals surface area contributed by atoms with Crippen LogP contribution in [-0.4, -0.2) is 49.9 Å². The zero-order chi connectivity index (χ0) is 16.3. The number of nitrogens with zero attached hydrogens (tertiary/aromatic N) is 1. The Balaban J connectivity index is 1.88. The van der Waals surface area contributed by atoms with Gasteiger partial charge in [0.15, 0.2) is 9.84 Å². The molecule has 7 heteroatoms. The fraction of sp³-hybridized carbons (Fsp3) is 0.533. The Morgan fingerprint density at radius 3 is 2.59 bits per heavy atom. The summed E-state index contributed by atoms with van der Waals surface area (Å²) in [6, 6.07) is 6.89. The van der Waals surface area contributed by atoms with E-state index in [1.165, 1.54) is 0 Å². The van der Waals surface area contributed by atoms with E-state index in [-0.39, 0.29) is 29.5 Å². The maximum atomic E-state index is 12.2. The van der Waals surface area contributed by atoms with Gasteiger partial charge < -0.3 is 5.32 Å². The highest BCUT2D eigenvalue weighted by molar-refractivity contribution is 7.91. The Bertz CT molecular complexity index is 631. The minimum absolute atomic E-state index is 0.0480. The molecule has 1 amide bonds. The molecule has 1 fully saturated rings. The summed E-state index contributed by atoms with van der Waals surface area (Å²) in [7, 11) is -1.12. The second-order valence-corrected chi connectivity index (χ2v) is 8.49. The lowest BCUT2D eigenvalue weighted by molar-refractivity contribution is -0.126. The number of rotatable bonds is 5. The average molecular weight is 345 g/mol. The lowest BCUT2D eigenvalue weighted by atomic mass is 10.1. The van der Waals surface area contributed by atoms with Gasteiger partial charge >= 0.3 is 0 Å². The molecule has 5 nitrogen and oxygen atoms in total. The first kappa shape index (κ1) is 17.2. The van der Waals surface area contributed by atoms with Crippen molar-refractivity contribution in [3.8, 4) is 0 Å². The highest BCUT2D eigenvalue weighted by Crippen LogP contribution is 2.14. The molecule has 2 rings (SSSR count). The van der Waals surface area contributed by atoms with E-state index >= 15 is 0 Å². The first-order chi connectivity index (χ1) is 10.3. The monoisotopic (exact) mass is 344 g/mol. The quantitative estimate of drug-likeness (QED) is 0.878. The third-order valence-electron chi connectivity index (χ3n) is 3.96. The summed E-state index contributed by atoms with van der Waals surface area (Å²) in [6.45, 7) is 2.43. The molecular formula is C15H21ClN2O3S. The van der Waals surface area contributed by atoms with Gasteiger partial charge in [-0.2, -0.15) is 0 Å². The summed E-state index contributed by atoms with van der Waals surface area (Å²) in [4.78, 5) is 14.1. The number of carbonyl (C=O) groups is 1. The molecule has 2 atom stereocenters. The van der Waals surface area contributed by atoms with Crippen molar-refractivity contribution >= 4 is 27.3 Å². The minimum atomic E-state index is -2.98. The molecule has 1 heterocycles. The first-order valence-electron chi connectivity index (χ1n) is 7.22. The van der Waals surface area contributed by atoms with E-state index in [9.17, 15) is 13.2 Å². The topological polar surface area (TPSA) is 66.5 Å². The summed E-state index contributed by atoms with van der Waals surface area (Å²) in [5.74, 6) is 0.0674. The summed E-state index contributed by atoms with van der Waals surface area (Å²) in [5.41, 5.74) is 1.06. The SMILES string of the molecule is C[C@H](C(=O)N[C@H]1CCS(=O)(=O)C1)N(C)Cc1ccc(Cl)cc1. The summed E-state index contributed by atoms with van der Waals surface area (Å²) < 4.78 is 22.8. The summed E-state index contributed by atoms with van der Waals surface area (Å²) in [5, 5.41) is 3.51. The Morgan fingerprint density at radius 1 is 1.41 bits per heavy atom. The van der Waals surface area contributed by atoms with Crippen LogP contribution < -0.4 is 5.32 Å². The van der Waals surface area contributed by atoms with Crippen LogP contribution >= 0.6 is 11.6 Å². The van der Waals surface area contributed by atoms with Crippen molar-refractivity contribution in [2.24, 2.45) is 0 Å². The van der Waals surface area contributed by atoms with Gasteiger partial charge in [0.2, 0.25) is 5.91 Å². The maximum Gasteiger partial charge on any atom is 0.237 e. The molecule has 0 bridgehead atoms. The van der Waals surface area contributed by atoms with Crippen LogP contribution in [0.1, 0.15) is 18.9 Å². The molecule has 0 spiro atoms. The van der Waals surface area contributed by atoms with Gasteiger partial charge in [0.25, 0.3) is 0 Å². The van der Waals surface area contributed by atoms with Crippen LogP contribution in [-0.2, 0) is 21.2 Å². The van der Waals surface area contributed by atoms with Crippen LogP contribution in [0.2, 0.25) is 5.02 Å². The van der Waals surface area contributed by atoms with Gasteiger partial charge in [-0.05, 0) is 38.1 Å². The van der Waals surface area contributed by atoms with E-state index in [0.717, 1.165) is 5.56 Å². The number of carbonyl (C=O) groups excluding carboxylic acids is 1. The molecule has 22 heavy (non-hydrogen) atoms. The highest BCUT2D eigenvalue weighted by Gasteiger charge is 2.30. The van der Waals surface area contributed by atoms with Crippen molar-refractivity contribution in [1.29, 1.82) is 0 Å². The minimum Gasteiger partial charge on any atom is -0.351 e. The molecule has 1 aromatic rings. The molecule has 122 valence electrons. The van der Waals surface area contributed by atoms with Crippen molar-refractivity contribution in [1.82, 2.24) is 10.2 Å². The molecule has 1 aliphatic heterocycles. The van der Waals surface area contributed by atoms with Gasteiger partial charge in [0.1, 0.15) is 0 Å². The van der Waals surface area contributed by atoms with E-state index in [4.69, 9.17) is 11.6 Å². The lowest BCUT2D eigenvalue weighted by Gasteiger charge is -2.25. The van der Waals surface area contributed by atoms with E-state index < -0.39 is 9.84 Å². The number of benzene rings is 1. The van der Waals surface area contributed by atoms with E-state index in [2.05, 4.69) is 5.32 Å². The van der Waals surface area contributed by atoms with Crippen LogP contribution in [0.3, 0.4) is 0 Å². The van der Waals surface area contributed by atoms with Crippen molar-refractivity contribution in [2.75, 3.05) is 18.6 Å². The Hall–Kier alpha value is -1.11. The molecular weight excluding hydrogens is 324 g/mol. The Morgan fingerprint density at radius 2 is 2.05 bits per heavy atom. The molecule has 0 saturated carbocycles. The van der Waals surface area contributed by atoms with E-state index in [0.29, 0.717) is 18.0 Å². The largest absolute Gasteiger partial charge is 0.351 e. The number of hydrogen-bond acceptors (Lipinski definition) is 4. The molecule has 0 unspecified atom stereocenters. The van der Waals surface area contributed by atoms with Crippen LogP contribution in [0.4, 0.5) is 0 Å². The van der Waals surface area contributed by atoms with Gasteiger partial charge in [-0.15, -0.1) is 0 Å².